The molecule has 2 aromatic rings. The fourth-order valence-electron chi connectivity index (χ4n) is 2.72. The van der Waals surface area contributed by atoms with Crippen molar-refractivity contribution in [2.24, 2.45) is 5.73 Å². The van der Waals surface area contributed by atoms with Crippen LogP contribution in [0.15, 0.2) is 47.1 Å². The highest BCUT2D eigenvalue weighted by Gasteiger charge is 2.28. The molecule has 4 nitrogen and oxygen atoms in total. The number of furan rings is 1. The van der Waals surface area contributed by atoms with Gasteiger partial charge in [-0.1, -0.05) is 30.3 Å². The van der Waals surface area contributed by atoms with Crippen LogP contribution in [-0.4, -0.2) is 23.9 Å². The second kappa shape index (κ2) is 5.51. The maximum absolute atomic E-state index is 12.4. The molecule has 1 aliphatic heterocycles. The standard InChI is InChI=1S/C16H18N2O2/c17-9-15-8-14(11-20-15)16(19)18-7-6-13(10-18)12-4-2-1-3-5-12/h1-5,8,11,13H,6-7,9-10,17H2. The summed E-state index contributed by atoms with van der Waals surface area (Å²) >= 11 is 0. The topological polar surface area (TPSA) is 59.5 Å². The molecule has 1 unspecified atom stereocenters. The first-order valence-corrected chi connectivity index (χ1v) is 6.89. The first-order chi connectivity index (χ1) is 9.78. The SMILES string of the molecule is NCc1cc(C(=O)N2CCC(c3ccccc3)C2)co1. The molecule has 0 spiro atoms. The zero-order valence-electron chi connectivity index (χ0n) is 11.3. The van der Waals surface area contributed by atoms with Crippen molar-refractivity contribution in [3.63, 3.8) is 0 Å². The van der Waals surface area contributed by atoms with E-state index in [4.69, 9.17) is 10.2 Å². The van der Waals surface area contributed by atoms with E-state index in [2.05, 4.69) is 12.1 Å². The van der Waals surface area contributed by atoms with Crippen LogP contribution in [0.4, 0.5) is 0 Å². The van der Waals surface area contributed by atoms with E-state index in [1.54, 1.807) is 6.07 Å². The number of hydrogen-bond donors (Lipinski definition) is 1. The van der Waals surface area contributed by atoms with Gasteiger partial charge in [0.05, 0.1) is 12.1 Å². The Bertz CT molecular complexity index is 592. The number of carbonyl (C=O) groups is 1. The number of benzene rings is 1. The van der Waals surface area contributed by atoms with Crippen molar-refractivity contribution in [2.75, 3.05) is 13.1 Å². The first kappa shape index (κ1) is 12.9. The molecule has 104 valence electrons. The summed E-state index contributed by atoms with van der Waals surface area (Å²) in [6, 6.07) is 12.1. The highest BCUT2D eigenvalue weighted by molar-refractivity contribution is 5.94. The lowest BCUT2D eigenvalue weighted by atomic mass is 9.99. The van der Waals surface area contributed by atoms with Crippen LogP contribution >= 0.6 is 0 Å². The molecule has 2 N–H and O–H groups in total. The molecule has 2 heterocycles. The second-order valence-corrected chi connectivity index (χ2v) is 5.15. The van der Waals surface area contributed by atoms with Gasteiger partial charge in [0.15, 0.2) is 0 Å². The van der Waals surface area contributed by atoms with Crippen LogP contribution in [0.5, 0.6) is 0 Å². The molecule has 0 aliphatic carbocycles. The molecule has 1 aromatic carbocycles. The van der Waals surface area contributed by atoms with Gasteiger partial charge in [0.2, 0.25) is 0 Å². The van der Waals surface area contributed by atoms with Crippen LogP contribution in [-0.2, 0) is 6.54 Å². The summed E-state index contributed by atoms with van der Waals surface area (Å²) in [5.74, 6) is 1.11. The minimum absolute atomic E-state index is 0.0341. The lowest BCUT2D eigenvalue weighted by molar-refractivity contribution is 0.0790. The van der Waals surface area contributed by atoms with E-state index in [1.165, 1.54) is 11.8 Å². The summed E-state index contributed by atoms with van der Waals surface area (Å²) in [6.45, 7) is 1.88. The minimum Gasteiger partial charge on any atom is -0.467 e. The fourth-order valence-corrected chi connectivity index (χ4v) is 2.72. The fraction of sp³-hybridized carbons (Fsp3) is 0.312. The Kier molecular flexibility index (Phi) is 3.56. The van der Waals surface area contributed by atoms with E-state index in [0.717, 1.165) is 19.5 Å². The Balaban J connectivity index is 1.69. The van der Waals surface area contributed by atoms with Crippen LogP contribution in [0.25, 0.3) is 0 Å². The molecular formula is C16H18N2O2. The van der Waals surface area contributed by atoms with Crippen LogP contribution in [0.1, 0.15) is 34.0 Å². The van der Waals surface area contributed by atoms with E-state index in [9.17, 15) is 4.79 Å². The van der Waals surface area contributed by atoms with Gasteiger partial charge >= 0.3 is 0 Å². The third-order valence-electron chi connectivity index (χ3n) is 3.85. The third-order valence-corrected chi connectivity index (χ3v) is 3.85. The summed E-state index contributed by atoms with van der Waals surface area (Å²) in [7, 11) is 0. The molecular weight excluding hydrogens is 252 g/mol. The van der Waals surface area contributed by atoms with Gasteiger partial charge < -0.3 is 15.1 Å². The van der Waals surface area contributed by atoms with Crippen LogP contribution in [0.2, 0.25) is 0 Å². The van der Waals surface area contributed by atoms with Crippen LogP contribution < -0.4 is 5.73 Å². The quantitative estimate of drug-likeness (QED) is 0.931. The highest BCUT2D eigenvalue weighted by Crippen LogP contribution is 2.28. The average Bonchev–Trinajstić information content (AvgIpc) is 3.17. The maximum Gasteiger partial charge on any atom is 0.257 e. The molecule has 3 rings (SSSR count). The molecule has 4 heteroatoms. The summed E-state index contributed by atoms with van der Waals surface area (Å²) < 4.78 is 5.23. The van der Waals surface area contributed by atoms with Gasteiger partial charge in [-0.05, 0) is 18.1 Å². The zero-order chi connectivity index (χ0) is 13.9. The zero-order valence-corrected chi connectivity index (χ0v) is 11.3. The number of nitrogens with two attached hydrogens (primary N) is 1. The molecule has 1 atom stereocenters. The normalized spacial score (nSPS) is 18.4. The monoisotopic (exact) mass is 270 g/mol. The summed E-state index contributed by atoms with van der Waals surface area (Å²) in [4.78, 5) is 14.3. The van der Waals surface area contributed by atoms with Crippen molar-refractivity contribution in [2.45, 2.75) is 18.9 Å². The van der Waals surface area contributed by atoms with Gasteiger partial charge in [-0.2, -0.15) is 0 Å². The Morgan fingerprint density at radius 1 is 1.35 bits per heavy atom. The molecule has 1 aromatic heterocycles. The smallest absolute Gasteiger partial charge is 0.257 e. The highest BCUT2D eigenvalue weighted by atomic mass is 16.3. The summed E-state index contributed by atoms with van der Waals surface area (Å²) in [5, 5.41) is 0. The van der Waals surface area contributed by atoms with E-state index in [-0.39, 0.29) is 5.91 Å². The van der Waals surface area contributed by atoms with Crippen molar-refractivity contribution >= 4 is 5.91 Å². The molecule has 0 bridgehead atoms. The third kappa shape index (κ3) is 2.47. The first-order valence-electron chi connectivity index (χ1n) is 6.89. The van der Waals surface area contributed by atoms with Gasteiger partial charge in [-0.25, -0.2) is 0 Å². The van der Waals surface area contributed by atoms with Crippen LogP contribution in [0.3, 0.4) is 0 Å². The lowest BCUT2D eigenvalue weighted by Crippen LogP contribution is -2.28. The molecule has 1 saturated heterocycles. The minimum atomic E-state index is 0.0341. The molecule has 0 radical (unpaired) electrons. The average molecular weight is 270 g/mol. The van der Waals surface area contributed by atoms with Gasteiger partial charge in [0.1, 0.15) is 12.0 Å². The van der Waals surface area contributed by atoms with E-state index >= 15 is 0 Å². The second-order valence-electron chi connectivity index (χ2n) is 5.15. The summed E-state index contributed by atoms with van der Waals surface area (Å²) in [5.41, 5.74) is 7.40. The Morgan fingerprint density at radius 2 is 2.15 bits per heavy atom. The number of nitrogens with zero attached hydrogens (tertiary/aromatic N) is 1. The Labute approximate surface area is 118 Å². The van der Waals surface area contributed by atoms with Crippen molar-refractivity contribution in [1.29, 1.82) is 0 Å². The van der Waals surface area contributed by atoms with E-state index in [0.29, 0.717) is 23.8 Å². The maximum atomic E-state index is 12.4. The Hall–Kier alpha value is -2.07. The van der Waals surface area contributed by atoms with Gasteiger partial charge in [-0.15, -0.1) is 0 Å². The molecule has 0 saturated carbocycles. The number of likely N-dealkylation sites (tertiary alicyclic amines) is 1. The number of hydrogen-bond acceptors (Lipinski definition) is 3. The largest absolute Gasteiger partial charge is 0.467 e. The van der Waals surface area contributed by atoms with Crippen molar-refractivity contribution in [3.05, 3.63) is 59.5 Å². The molecule has 1 amide bonds. The van der Waals surface area contributed by atoms with Gasteiger partial charge in [-0.3, -0.25) is 4.79 Å². The van der Waals surface area contributed by atoms with E-state index < -0.39 is 0 Å². The van der Waals surface area contributed by atoms with Gasteiger partial charge in [0.25, 0.3) is 5.91 Å². The number of rotatable bonds is 3. The molecule has 20 heavy (non-hydrogen) atoms. The predicted octanol–water partition coefficient (Wildman–Crippen LogP) is 2.37. The molecule has 1 aliphatic rings. The van der Waals surface area contributed by atoms with Crippen molar-refractivity contribution in [1.82, 2.24) is 4.90 Å². The predicted molar refractivity (Wildman–Crippen MR) is 76.3 cm³/mol. The Morgan fingerprint density at radius 3 is 2.85 bits per heavy atom. The van der Waals surface area contributed by atoms with Gasteiger partial charge in [0, 0.05) is 19.0 Å². The van der Waals surface area contributed by atoms with Crippen molar-refractivity contribution < 1.29 is 9.21 Å². The van der Waals surface area contributed by atoms with E-state index in [1.807, 2.05) is 23.1 Å². The van der Waals surface area contributed by atoms with Crippen LogP contribution in [0, 0.1) is 0 Å². The number of carbonyl (C=O) groups excluding carboxylic acids is 1. The summed E-state index contributed by atoms with van der Waals surface area (Å²) in [6.07, 6.45) is 2.51. The van der Waals surface area contributed by atoms with Crippen molar-refractivity contribution in [3.8, 4) is 0 Å². The molecule has 1 fully saturated rings. The number of amides is 1. The lowest BCUT2D eigenvalue weighted by Gasteiger charge is -2.15.